The minimum atomic E-state index is 0.917. The molecule has 1 rings (SSSR count). The van der Waals surface area contributed by atoms with Crippen molar-refractivity contribution in [2.45, 2.75) is 25.7 Å². The summed E-state index contributed by atoms with van der Waals surface area (Å²) in [6.45, 7) is 0. The highest BCUT2D eigenvalue weighted by atomic mass is 32.1. The molecule has 0 aliphatic rings. The number of aromatic nitrogens is 1. The third kappa shape index (κ3) is 5.21. The molecule has 1 aromatic rings. The fourth-order valence-electron chi connectivity index (χ4n) is 1.67. The van der Waals surface area contributed by atoms with E-state index in [2.05, 4.69) is 56.4 Å². The van der Waals surface area contributed by atoms with Crippen LogP contribution in [0.5, 0.6) is 0 Å². The zero-order valence-corrected chi connectivity index (χ0v) is 12.5. The van der Waals surface area contributed by atoms with Crippen molar-refractivity contribution in [3.05, 3.63) is 23.5 Å². The van der Waals surface area contributed by atoms with Crippen molar-refractivity contribution < 1.29 is 0 Å². The molecule has 0 N–H and O–H groups in total. The van der Waals surface area contributed by atoms with Gasteiger partial charge in [0.25, 0.3) is 0 Å². The quantitative estimate of drug-likeness (QED) is 0.741. The van der Waals surface area contributed by atoms with E-state index in [0.717, 1.165) is 37.2 Å². The van der Waals surface area contributed by atoms with Crippen LogP contribution in [-0.2, 0) is 12.8 Å². The summed E-state index contributed by atoms with van der Waals surface area (Å²) in [5.41, 5.74) is 3.60. The van der Waals surface area contributed by atoms with Crippen LogP contribution in [0.15, 0.2) is 12.1 Å². The van der Waals surface area contributed by atoms with Crippen molar-refractivity contribution >= 4 is 30.9 Å². The smallest absolute Gasteiger partial charge is 0.0427 e. The number of nitrogens with zero attached hydrogens (tertiary/aromatic N) is 2. The van der Waals surface area contributed by atoms with Crippen LogP contribution in [0.1, 0.15) is 24.2 Å². The molecule has 0 aliphatic heterocycles. The van der Waals surface area contributed by atoms with E-state index in [1.54, 1.807) is 0 Å². The summed E-state index contributed by atoms with van der Waals surface area (Å²) >= 11 is 8.50. The van der Waals surface area contributed by atoms with Gasteiger partial charge in [0, 0.05) is 31.2 Å². The largest absolute Gasteiger partial charge is 0.378 e. The van der Waals surface area contributed by atoms with E-state index >= 15 is 0 Å². The van der Waals surface area contributed by atoms with E-state index < -0.39 is 0 Å². The maximum atomic E-state index is 4.70. The highest BCUT2D eigenvalue weighted by molar-refractivity contribution is 7.80. The average molecular weight is 270 g/mol. The van der Waals surface area contributed by atoms with Gasteiger partial charge in [0.15, 0.2) is 0 Å². The third-order valence-electron chi connectivity index (χ3n) is 2.61. The van der Waals surface area contributed by atoms with E-state index in [4.69, 9.17) is 4.98 Å². The standard InChI is InChI=1S/C13H22N2S2/c1-15(2)13-9-11(5-3-7-16)14-12(10-13)6-4-8-17/h9-10,16-17H,3-8H2,1-2H3. The fraction of sp³-hybridized carbons (Fsp3) is 0.615. The van der Waals surface area contributed by atoms with Crippen LogP contribution in [0.25, 0.3) is 0 Å². The summed E-state index contributed by atoms with van der Waals surface area (Å²) < 4.78 is 0. The van der Waals surface area contributed by atoms with Gasteiger partial charge in [-0.25, -0.2) is 0 Å². The molecule has 17 heavy (non-hydrogen) atoms. The van der Waals surface area contributed by atoms with Crippen LogP contribution in [-0.4, -0.2) is 30.6 Å². The maximum Gasteiger partial charge on any atom is 0.0427 e. The number of pyridine rings is 1. The molecule has 96 valence electrons. The van der Waals surface area contributed by atoms with Crippen molar-refractivity contribution in [3.8, 4) is 0 Å². The Bertz CT molecular complexity index is 314. The second-order valence-electron chi connectivity index (χ2n) is 4.36. The minimum Gasteiger partial charge on any atom is -0.378 e. The lowest BCUT2D eigenvalue weighted by molar-refractivity contribution is 0.837. The Hall–Kier alpha value is -0.350. The molecule has 0 bridgehead atoms. The van der Waals surface area contributed by atoms with Crippen LogP contribution in [0.4, 0.5) is 5.69 Å². The van der Waals surface area contributed by atoms with Crippen molar-refractivity contribution in [3.63, 3.8) is 0 Å². The summed E-state index contributed by atoms with van der Waals surface area (Å²) in [5, 5.41) is 0. The van der Waals surface area contributed by atoms with Crippen molar-refractivity contribution in [1.29, 1.82) is 0 Å². The van der Waals surface area contributed by atoms with Gasteiger partial charge in [0.2, 0.25) is 0 Å². The van der Waals surface area contributed by atoms with E-state index in [0.29, 0.717) is 0 Å². The second-order valence-corrected chi connectivity index (χ2v) is 5.25. The summed E-state index contributed by atoms with van der Waals surface area (Å²) in [6.07, 6.45) is 4.19. The van der Waals surface area contributed by atoms with E-state index in [-0.39, 0.29) is 0 Å². The van der Waals surface area contributed by atoms with Gasteiger partial charge in [0.1, 0.15) is 0 Å². The number of anilines is 1. The minimum absolute atomic E-state index is 0.917. The molecular formula is C13H22N2S2. The number of rotatable bonds is 7. The Balaban J connectivity index is 2.84. The summed E-state index contributed by atoms with van der Waals surface area (Å²) in [7, 11) is 4.14. The molecule has 0 fully saturated rings. The molecule has 0 spiro atoms. The summed E-state index contributed by atoms with van der Waals surface area (Å²) in [6, 6.07) is 4.35. The maximum absolute atomic E-state index is 4.70. The predicted octanol–water partition coefficient (Wildman–Crippen LogP) is 2.87. The Morgan fingerprint density at radius 1 is 1.00 bits per heavy atom. The zero-order chi connectivity index (χ0) is 12.7. The van der Waals surface area contributed by atoms with Crippen LogP contribution in [0, 0.1) is 0 Å². The van der Waals surface area contributed by atoms with Gasteiger partial charge in [-0.3, -0.25) is 4.98 Å². The third-order valence-corrected chi connectivity index (χ3v) is 3.25. The molecule has 0 atom stereocenters. The lowest BCUT2D eigenvalue weighted by Crippen LogP contribution is -2.11. The molecule has 0 radical (unpaired) electrons. The van der Waals surface area contributed by atoms with Gasteiger partial charge in [-0.2, -0.15) is 25.3 Å². The zero-order valence-electron chi connectivity index (χ0n) is 10.7. The summed E-state index contributed by atoms with van der Waals surface area (Å²) in [4.78, 5) is 6.83. The van der Waals surface area contributed by atoms with Crippen LogP contribution < -0.4 is 4.90 Å². The van der Waals surface area contributed by atoms with Crippen LogP contribution in [0.2, 0.25) is 0 Å². The molecule has 0 aromatic carbocycles. The van der Waals surface area contributed by atoms with Gasteiger partial charge in [0.05, 0.1) is 0 Å². The molecule has 0 aliphatic carbocycles. The number of aryl methyl sites for hydroxylation is 2. The average Bonchev–Trinajstić information content (AvgIpc) is 2.33. The van der Waals surface area contributed by atoms with Crippen molar-refractivity contribution in [2.24, 2.45) is 0 Å². The van der Waals surface area contributed by atoms with Gasteiger partial charge in [-0.15, -0.1) is 0 Å². The van der Waals surface area contributed by atoms with Gasteiger partial charge in [-0.1, -0.05) is 0 Å². The monoisotopic (exact) mass is 270 g/mol. The Kier molecular flexibility index (Phi) is 6.82. The normalized spacial score (nSPS) is 10.6. The predicted molar refractivity (Wildman–Crippen MR) is 82.9 cm³/mol. The highest BCUT2D eigenvalue weighted by Crippen LogP contribution is 2.17. The van der Waals surface area contributed by atoms with Crippen LogP contribution >= 0.6 is 25.3 Å². The molecule has 0 saturated heterocycles. The highest BCUT2D eigenvalue weighted by Gasteiger charge is 2.04. The first kappa shape index (κ1) is 14.7. The first-order chi connectivity index (χ1) is 8.17. The van der Waals surface area contributed by atoms with Crippen LogP contribution in [0.3, 0.4) is 0 Å². The molecule has 4 heteroatoms. The Morgan fingerprint density at radius 3 is 1.82 bits per heavy atom. The molecule has 0 saturated carbocycles. The number of hydrogen-bond acceptors (Lipinski definition) is 4. The molecule has 1 heterocycles. The fourth-order valence-corrected chi connectivity index (χ4v) is 1.98. The summed E-state index contributed by atoms with van der Waals surface area (Å²) in [5.74, 6) is 1.83. The topological polar surface area (TPSA) is 16.1 Å². The number of thiol groups is 2. The van der Waals surface area contributed by atoms with Gasteiger partial charge < -0.3 is 4.90 Å². The molecular weight excluding hydrogens is 248 g/mol. The first-order valence-electron chi connectivity index (χ1n) is 6.06. The van der Waals surface area contributed by atoms with Crippen molar-refractivity contribution in [2.75, 3.05) is 30.5 Å². The molecule has 0 amide bonds. The molecule has 2 nitrogen and oxygen atoms in total. The van der Waals surface area contributed by atoms with E-state index in [1.807, 2.05) is 0 Å². The van der Waals surface area contributed by atoms with E-state index in [9.17, 15) is 0 Å². The first-order valence-corrected chi connectivity index (χ1v) is 7.32. The molecule has 1 aromatic heterocycles. The van der Waals surface area contributed by atoms with E-state index in [1.165, 1.54) is 17.1 Å². The SMILES string of the molecule is CN(C)c1cc(CCCS)nc(CCCS)c1. The lowest BCUT2D eigenvalue weighted by Gasteiger charge is -2.15. The van der Waals surface area contributed by atoms with Crippen molar-refractivity contribution in [1.82, 2.24) is 4.98 Å². The lowest BCUT2D eigenvalue weighted by atomic mass is 10.1. The molecule has 0 unspecified atom stereocenters. The van der Waals surface area contributed by atoms with Gasteiger partial charge in [-0.05, 0) is 49.3 Å². The Labute approximate surface area is 116 Å². The van der Waals surface area contributed by atoms with Gasteiger partial charge >= 0.3 is 0 Å². The Morgan fingerprint density at radius 2 is 1.47 bits per heavy atom. The second kappa shape index (κ2) is 7.88. The number of hydrogen-bond donors (Lipinski definition) is 2.